The van der Waals surface area contributed by atoms with Crippen LogP contribution in [0.5, 0.6) is 5.75 Å². The van der Waals surface area contributed by atoms with Crippen molar-refractivity contribution in [1.29, 1.82) is 0 Å². The van der Waals surface area contributed by atoms with Crippen molar-refractivity contribution in [1.82, 2.24) is 0 Å². The van der Waals surface area contributed by atoms with Gasteiger partial charge >= 0.3 is 0 Å². The van der Waals surface area contributed by atoms with Crippen LogP contribution in [0, 0.1) is 52.3 Å². The van der Waals surface area contributed by atoms with E-state index in [-0.39, 0.29) is 17.4 Å². The quantitative estimate of drug-likeness (QED) is 0.608. The monoisotopic (exact) mass is 436 g/mol. The second-order valence-electron chi connectivity index (χ2n) is 11.8. The summed E-state index contributed by atoms with van der Waals surface area (Å²) in [5, 5.41) is 21.4. The topological polar surface area (TPSA) is 49.7 Å². The smallest absolute Gasteiger partial charge is 0.118 e. The minimum absolute atomic E-state index is 0.0752. The normalized spacial score (nSPS) is 43.8. The van der Waals surface area contributed by atoms with Gasteiger partial charge in [0.2, 0.25) is 0 Å². The third-order valence-electron chi connectivity index (χ3n) is 10.5. The van der Waals surface area contributed by atoms with Crippen LogP contribution in [0.2, 0.25) is 0 Å². The Kier molecular flexibility index (Phi) is 5.83. The maximum absolute atomic E-state index is 11.2. The van der Waals surface area contributed by atoms with Gasteiger partial charge in [-0.1, -0.05) is 25.7 Å². The first-order chi connectivity index (χ1) is 15.3. The summed E-state index contributed by atoms with van der Waals surface area (Å²) in [6.07, 6.45) is 10.0. The number of methoxy groups -OCH3 is 1. The molecular weight excluding hydrogens is 396 g/mol. The Balaban J connectivity index is 1.32. The van der Waals surface area contributed by atoms with Crippen LogP contribution >= 0.6 is 0 Å². The second kappa shape index (κ2) is 8.37. The zero-order valence-electron chi connectivity index (χ0n) is 20.0. The fourth-order valence-electron chi connectivity index (χ4n) is 8.73. The lowest BCUT2D eigenvalue weighted by Crippen LogP contribution is -2.54. The van der Waals surface area contributed by atoms with Crippen molar-refractivity contribution >= 4 is 0 Å². The number of hydrogen-bond donors (Lipinski definition) is 2. The van der Waals surface area contributed by atoms with E-state index in [1.54, 1.807) is 7.11 Å². The molecule has 0 radical (unpaired) electrons. The Bertz CT molecular complexity index is 882. The van der Waals surface area contributed by atoms with E-state index in [2.05, 4.69) is 25.7 Å². The fourth-order valence-corrected chi connectivity index (χ4v) is 8.73. The lowest BCUT2D eigenvalue weighted by atomic mass is 9.44. The maximum atomic E-state index is 11.2. The highest BCUT2D eigenvalue weighted by molar-refractivity contribution is 5.39. The number of benzene rings is 1. The zero-order chi connectivity index (χ0) is 22.5. The van der Waals surface area contributed by atoms with E-state index in [4.69, 9.17) is 4.74 Å². The summed E-state index contributed by atoms with van der Waals surface area (Å²) in [6, 6.07) is 7.77. The molecule has 5 rings (SSSR count). The zero-order valence-corrected chi connectivity index (χ0v) is 20.0. The molecule has 2 N–H and O–H groups in total. The molecule has 0 spiro atoms. The van der Waals surface area contributed by atoms with E-state index >= 15 is 0 Å². The molecule has 0 bridgehead atoms. The minimum Gasteiger partial charge on any atom is -0.497 e. The molecule has 4 aliphatic carbocycles. The van der Waals surface area contributed by atoms with Gasteiger partial charge in [-0.15, -0.1) is 0 Å². The van der Waals surface area contributed by atoms with Crippen molar-refractivity contribution in [3.8, 4) is 17.6 Å². The highest BCUT2D eigenvalue weighted by Crippen LogP contribution is 2.67. The number of aliphatic hydroxyl groups excluding tert-OH is 2. The first-order valence-electron chi connectivity index (χ1n) is 12.9. The lowest BCUT2D eigenvalue weighted by molar-refractivity contribution is -0.130. The lowest BCUT2D eigenvalue weighted by Gasteiger charge is -2.61. The SMILES string of the molecule is COc1ccc(C#CC(O)C2CC[C@H]3[C@@H]4CCC5CC(O)CC[C@]5(C)[C@@H]4CC[C@]23C)cc1. The van der Waals surface area contributed by atoms with Crippen molar-refractivity contribution in [2.45, 2.75) is 83.8 Å². The summed E-state index contributed by atoms with van der Waals surface area (Å²) in [5.74, 6) is 10.5. The number of ether oxygens (including phenoxy) is 1. The summed E-state index contributed by atoms with van der Waals surface area (Å²) >= 11 is 0. The molecule has 0 aliphatic heterocycles. The molecule has 4 saturated carbocycles. The number of aliphatic hydroxyl groups is 2. The second-order valence-corrected chi connectivity index (χ2v) is 11.8. The predicted molar refractivity (Wildman–Crippen MR) is 127 cm³/mol. The predicted octanol–water partition coefficient (Wildman–Crippen LogP) is 5.43. The van der Waals surface area contributed by atoms with Gasteiger partial charge in [0.25, 0.3) is 0 Å². The van der Waals surface area contributed by atoms with E-state index < -0.39 is 6.10 Å². The standard InChI is InChI=1S/C29H40O3/c1-28-16-14-21(30)18-20(28)7-10-23-24-11-12-26(29(24,2)17-15-25(23)28)27(31)13-6-19-4-8-22(32-3)9-5-19/h4-5,8-9,20-21,23-27,30-31H,7,10-12,14-18H2,1-3H3/t20?,21?,23-,24-,25+,26?,27?,28-,29-/m0/s1. The summed E-state index contributed by atoms with van der Waals surface area (Å²) in [5.41, 5.74) is 1.54. The van der Waals surface area contributed by atoms with Crippen LogP contribution in [0.1, 0.15) is 77.2 Å². The molecule has 1 aromatic carbocycles. The van der Waals surface area contributed by atoms with Crippen LogP contribution in [0.4, 0.5) is 0 Å². The van der Waals surface area contributed by atoms with E-state index in [1.165, 1.54) is 38.5 Å². The first kappa shape index (κ1) is 22.3. The average Bonchev–Trinajstić information content (AvgIpc) is 3.15. The third kappa shape index (κ3) is 3.59. The van der Waals surface area contributed by atoms with Crippen LogP contribution in [0.15, 0.2) is 24.3 Å². The number of rotatable bonds is 2. The Morgan fingerprint density at radius 3 is 2.41 bits per heavy atom. The molecule has 32 heavy (non-hydrogen) atoms. The largest absolute Gasteiger partial charge is 0.497 e. The van der Waals surface area contributed by atoms with Crippen molar-refractivity contribution in [3.05, 3.63) is 29.8 Å². The van der Waals surface area contributed by atoms with Crippen molar-refractivity contribution in [2.24, 2.45) is 40.4 Å². The molecular formula is C29H40O3. The van der Waals surface area contributed by atoms with E-state index in [1.807, 2.05) is 24.3 Å². The highest BCUT2D eigenvalue weighted by atomic mass is 16.5. The Hall–Kier alpha value is -1.50. The molecule has 3 heteroatoms. The van der Waals surface area contributed by atoms with Gasteiger partial charge in [-0.05, 0) is 117 Å². The molecule has 3 nitrogen and oxygen atoms in total. The average molecular weight is 437 g/mol. The van der Waals surface area contributed by atoms with Gasteiger partial charge in [0.05, 0.1) is 13.2 Å². The molecule has 1 aromatic rings. The van der Waals surface area contributed by atoms with Gasteiger partial charge in [-0.3, -0.25) is 0 Å². The molecule has 0 heterocycles. The van der Waals surface area contributed by atoms with Crippen LogP contribution in [0.3, 0.4) is 0 Å². The van der Waals surface area contributed by atoms with Gasteiger partial charge in [0, 0.05) is 11.5 Å². The summed E-state index contributed by atoms with van der Waals surface area (Å²) in [6.45, 7) is 5.01. The van der Waals surface area contributed by atoms with Gasteiger partial charge in [-0.25, -0.2) is 0 Å². The van der Waals surface area contributed by atoms with Gasteiger partial charge in [-0.2, -0.15) is 0 Å². The van der Waals surface area contributed by atoms with Crippen LogP contribution in [0.25, 0.3) is 0 Å². The Morgan fingerprint density at radius 1 is 0.938 bits per heavy atom. The number of hydrogen-bond acceptors (Lipinski definition) is 3. The molecule has 4 fully saturated rings. The highest BCUT2D eigenvalue weighted by Gasteiger charge is 2.60. The van der Waals surface area contributed by atoms with Gasteiger partial charge < -0.3 is 14.9 Å². The molecule has 174 valence electrons. The molecule has 4 unspecified atom stereocenters. The van der Waals surface area contributed by atoms with E-state index in [9.17, 15) is 10.2 Å². The number of fused-ring (bicyclic) bond motifs is 5. The minimum atomic E-state index is -0.555. The van der Waals surface area contributed by atoms with Crippen LogP contribution in [-0.4, -0.2) is 29.5 Å². The maximum Gasteiger partial charge on any atom is 0.118 e. The van der Waals surface area contributed by atoms with Crippen LogP contribution < -0.4 is 4.74 Å². The van der Waals surface area contributed by atoms with Crippen molar-refractivity contribution in [3.63, 3.8) is 0 Å². The Morgan fingerprint density at radius 2 is 1.66 bits per heavy atom. The van der Waals surface area contributed by atoms with Crippen molar-refractivity contribution in [2.75, 3.05) is 7.11 Å². The molecule has 0 amide bonds. The molecule has 9 atom stereocenters. The van der Waals surface area contributed by atoms with Crippen molar-refractivity contribution < 1.29 is 14.9 Å². The van der Waals surface area contributed by atoms with Crippen LogP contribution in [-0.2, 0) is 0 Å². The van der Waals surface area contributed by atoms with E-state index in [0.29, 0.717) is 17.3 Å². The summed E-state index contributed by atoms with van der Waals surface area (Å²) in [4.78, 5) is 0. The molecule has 0 saturated heterocycles. The molecule has 4 aliphatic rings. The molecule has 0 aromatic heterocycles. The van der Waals surface area contributed by atoms with Gasteiger partial charge in [0.15, 0.2) is 0 Å². The third-order valence-corrected chi connectivity index (χ3v) is 10.5. The fraction of sp³-hybridized carbons (Fsp3) is 0.724. The Labute approximate surface area is 194 Å². The van der Waals surface area contributed by atoms with Gasteiger partial charge in [0.1, 0.15) is 11.9 Å². The first-order valence-corrected chi connectivity index (χ1v) is 12.9. The summed E-state index contributed by atoms with van der Waals surface area (Å²) < 4.78 is 5.23. The summed E-state index contributed by atoms with van der Waals surface area (Å²) in [7, 11) is 1.67. The van der Waals surface area contributed by atoms with E-state index in [0.717, 1.165) is 42.4 Å².